The highest BCUT2D eigenvalue weighted by Crippen LogP contribution is 2.25. The molecule has 2 amide bonds. The Morgan fingerprint density at radius 1 is 1.11 bits per heavy atom. The van der Waals surface area contributed by atoms with Gasteiger partial charge in [0.25, 0.3) is 0 Å². The van der Waals surface area contributed by atoms with Gasteiger partial charge in [-0.2, -0.15) is 0 Å². The van der Waals surface area contributed by atoms with Crippen molar-refractivity contribution in [3.05, 3.63) is 72.0 Å². The van der Waals surface area contributed by atoms with Gasteiger partial charge in [-0.05, 0) is 31.2 Å². The van der Waals surface area contributed by atoms with Crippen molar-refractivity contribution >= 4 is 29.0 Å². The summed E-state index contributed by atoms with van der Waals surface area (Å²) in [6, 6.07) is 8.88. The summed E-state index contributed by atoms with van der Waals surface area (Å²) in [7, 11) is 0. The molecule has 4 aromatic rings. The summed E-state index contributed by atoms with van der Waals surface area (Å²) in [5.74, 6) is 1.85. The Hall–Kier alpha value is -3.59. The number of imidazole rings is 1. The van der Waals surface area contributed by atoms with E-state index in [1.165, 1.54) is 11.3 Å². The third kappa shape index (κ3) is 4.21. The number of aryl methyl sites for hydroxylation is 1. The number of amides is 2. The van der Waals surface area contributed by atoms with E-state index in [1.807, 2.05) is 42.0 Å². The lowest BCUT2D eigenvalue weighted by molar-refractivity contribution is 0.262. The minimum absolute atomic E-state index is 0.397. The van der Waals surface area contributed by atoms with Crippen molar-refractivity contribution in [1.82, 2.24) is 24.5 Å². The van der Waals surface area contributed by atoms with Crippen LogP contribution in [0.5, 0.6) is 0 Å². The lowest BCUT2D eigenvalue weighted by Crippen LogP contribution is -2.20. The SMILES string of the molecule is Cc1nccn1Cc1cccc(NC(=O)Nc2csc(-c3cccnc3)n2)n1. The van der Waals surface area contributed by atoms with E-state index >= 15 is 0 Å². The van der Waals surface area contributed by atoms with Gasteiger partial charge in [-0.3, -0.25) is 15.6 Å². The Morgan fingerprint density at radius 2 is 2.00 bits per heavy atom. The van der Waals surface area contributed by atoms with Crippen LogP contribution in [0.2, 0.25) is 0 Å². The fraction of sp³-hybridized carbons (Fsp3) is 0.105. The second-order valence-electron chi connectivity index (χ2n) is 5.98. The quantitative estimate of drug-likeness (QED) is 0.539. The van der Waals surface area contributed by atoms with Crippen LogP contribution in [0.15, 0.2) is 60.5 Å². The predicted molar refractivity (Wildman–Crippen MR) is 108 cm³/mol. The average molecular weight is 391 g/mol. The Balaban J connectivity index is 1.40. The minimum Gasteiger partial charge on any atom is -0.329 e. The number of thiazole rings is 1. The maximum absolute atomic E-state index is 12.3. The van der Waals surface area contributed by atoms with Gasteiger partial charge in [0, 0.05) is 35.7 Å². The number of nitrogens with one attached hydrogen (secondary N) is 2. The van der Waals surface area contributed by atoms with E-state index < -0.39 is 6.03 Å². The molecule has 4 aromatic heterocycles. The first kappa shape index (κ1) is 17.8. The van der Waals surface area contributed by atoms with Crippen LogP contribution in [0.3, 0.4) is 0 Å². The molecule has 0 spiro atoms. The summed E-state index contributed by atoms with van der Waals surface area (Å²) < 4.78 is 1.99. The van der Waals surface area contributed by atoms with Crippen LogP contribution in [-0.2, 0) is 6.54 Å². The molecule has 0 aliphatic carbocycles. The highest BCUT2D eigenvalue weighted by atomic mass is 32.1. The molecule has 4 heterocycles. The van der Waals surface area contributed by atoms with Gasteiger partial charge >= 0.3 is 6.03 Å². The third-order valence-corrected chi connectivity index (χ3v) is 4.85. The van der Waals surface area contributed by atoms with E-state index in [1.54, 1.807) is 30.0 Å². The minimum atomic E-state index is -0.397. The van der Waals surface area contributed by atoms with Gasteiger partial charge in [-0.1, -0.05) is 6.07 Å². The Bertz CT molecular complexity index is 1090. The topological polar surface area (TPSA) is 97.6 Å². The number of rotatable bonds is 5. The molecule has 0 saturated carbocycles. The standard InChI is InChI=1S/C19H17N7OS/c1-13-21-8-9-26(13)11-15-5-2-6-16(22-15)24-19(27)25-17-12-28-18(23-17)14-4-3-7-20-10-14/h2-10,12H,11H2,1H3,(H2,22,24,25,27). The van der Waals surface area contributed by atoms with E-state index in [0.29, 0.717) is 18.2 Å². The van der Waals surface area contributed by atoms with Gasteiger partial charge in [-0.15, -0.1) is 11.3 Å². The molecule has 28 heavy (non-hydrogen) atoms. The number of aromatic nitrogens is 5. The number of hydrogen-bond donors (Lipinski definition) is 2. The highest BCUT2D eigenvalue weighted by molar-refractivity contribution is 7.13. The van der Waals surface area contributed by atoms with Crippen molar-refractivity contribution in [1.29, 1.82) is 0 Å². The van der Waals surface area contributed by atoms with Crippen LogP contribution in [0.25, 0.3) is 10.6 Å². The Kier molecular flexibility index (Phi) is 5.07. The molecule has 0 aliphatic heterocycles. The Morgan fingerprint density at radius 3 is 2.79 bits per heavy atom. The van der Waals surface area contributed by atoms with Crippen molar-refractivity contribution in [2.24, 2.45) is 0 Å². The highest BCUT2D eigenvalue weighted by Gasteiger charge is 2.09. The molecule has 0 atom stereocenters. The predicted octanol–water partition coefficient (Wildman–Crippen LogP) is 3.80. The van der Waals surface area contributed by atoms with E-state index in [9.17, 15) is 4.79 Å². The molecule has 0 radical (unpaired) electrons. The second kappa shape index (κ2) is 7.97. The van der Waals surface area contributed by atoms with E-state index in [0.717, 1.165) is 22.1 Å². The molecule has 4 rings (SSSR count). The molecule has 140 valence electrons. The van der Waals surface area contributed by atoms with Crippen molar-refractivity contribution in [2.45, 2.75) is 13.5 Å². The first-order chi connectivity index (χ1) is 13.7. The summed E-state index contributed by atoms with van der Waals surface area (Å²) in [5.41, 5.74) is 1.73. The summed E-state index contributed by atoms with van der Waals surface area (Å²) in [6.07, 6.45) is 7.09. The van der Waals surface area contributed by atoms with Crippen molar-refractivity contribution in [2.75, 3.05) is 10.6 Å². The largest absolute Gasteiger partial charge is 0.329 e. The smallest absolute Gasteiger partial charge is 0.326 e. The zero-order valence-corrected chi connectivity index (χ0v) is 15.8. The molecule has 0 saturated heterocycles. The van der Waals surface area contributed by atoms with Crippen molar-refractivity contribution in [3.8, 4) is 10.6 Å². The summed E-state index contributed by atoms with van der Waals surface area (Å²) in [5, 5.41) is 8.04. The first-order valence-electron chi connectivity index (χ1n) is 8.55. The molecule has 0 aromatic carbocycles. The van der Waals surface area contributed by atoms with Crippen molar-refractivity contribution < 1.29 is 4.79 Å². The van der Waals surface area contributed by atoms with Crippen LogP contribution in [-0.4, -0.2) is 30.5 Å². The molecule has 2 N–H and O–H groups in total. The molecular formula is C19H17N7OS. The maximum Gasteiger partial charge on any atom is 0.326 e. The number of hydrogen-bond acceptors (Lipinski definition) is 6. The molecular weight excluding hydrogens is 374 g/mol. The number of anilines is 2. The van der Waals surface area contributed by atoms with Gasteiger partial charge < -0.3 is 4.57 Å². The second-order valence-corrected chi connectivity index (χ2v) is 6.83. The van der Waals surface area contributed by atoms with Crippen LogP contribution in [0, 0.1) is 6.92 Å². The molecule has 8 nitrogen and oxygen atoms in total. The third-order valence-electron chi connectivity index (χ3n) is 3.96. The number of carbonyl (C=O) groups excluding carboxylic acids is 1. The zero-order valence-electron chi connectivity index (χ0n) is 15.0. The van der Waals surface area contributed by atoms with Crippen LogP contribution < -0.4 is 10.6 Å². The zero-order chi connectivity index (χ0) is 19.3. The van der Waals surface area contributed by atoms with E-state index in [-0.39, 0.29) is 0 Å². The number of urea groups is 1. The van der Waals surface area contributed by atoms with Gasteiger partial charge in [0.2, 0.25) is 0 Å². The lowest BCUT2D eigenvalue weighted by atomic mass is 10.3. The molecule has 9 heteroatoms. The fourth-order valence-electron chi connectivity index (χ4n) is 2.60. The summed E-state index contributed by atoms with van der Waals surface area (Å²) in [6.45, 7) is 2.52. The molecule has 0 bridgehead atoms. The van der Waals surface area contributed by atoms with Gasteiger partial charge in [0.15, 0.2) is 0 Å². The Labute approximate surface area is 165 Å². The van der Waals surface area contributed by atoms with Crippen molar-refractivity contribution in [3.63, 3.8) is 0 Å². The molecule has 0 unspecified atom stereocenters. The average Bonchev–Trinajstić information content (AvgIpc) is 3.32. The van der Waals surface area contributed by atoms with Gasteiger partial charge in [0.1, 0.15) is 22.5 Å². The monoisotopic (exact) mass is 391 g/mol. The number of pyridine rings is 2. The number of nitrogens with zero attached hydrogens (tertiary/aromatic N) is 5. The van der Waals surface area contributed by atoms with E-state index in [4.69, 9.17) is 0 Å². The van der Waals surface area contributed by atoms with Crippen LogP contribution >= 0.6 is 11.3 Å². The van der Waals surface area contributed by atoms with Crippen LogP contribution in [0.1, 0.15) is 11.5 Å². The van der Waals surface area contributed by atoms with E-state index in [2.05, 4.69) is 30.6 Å². The fourth-order valence-corrected chi connectivity index (χ4v) is 3.34. The summed E-state index contributed by atoms with van der Waals surface area (Å²) in [4.78, 5) is 29.5. The first-order valence-corrected chi connectivity index (χ1v) is 9.43. The molecule has 0 aliphatic rings. The van der Waals surface area contributed by atoms with Crippen LogP contribution in [0.4, 0.5) is 16.4 Å². The van der Waals surface area contributed by atoms with Gasteiger partial charge in [0.05, 0.1) is 12.2 Å². The lowest BCUT2D eigenvalue weighted by Gasteiger charge is -2.08. The van der Waals surface area contributed by atoms with Gasteiger partial charge in [-0.25, -0.2) is 19.7 Å². The normalized spacial score (nSPS) is 10.6. The molecule has 0 fully saturated rings. The summed E-state index contributed by atoms with van der Waals surface area (Å²) >= 11 is 1.44. The maximum atomic E-state index is 12.3. The number of carbonyl (C=O) groups is 1.